The maximum absolute atomic E-state index is 12.4. The fourth-order valence-electron chi connectivity index (χ4n) is 2.60. The molecule has 3 rings (SSSR count). The third-order valence-electron chi connectivity index (χ3n) is 4.04. The van der Waals surface area contributed by atoms with Crippen LogP contribution in [-0.2, 0) is 12.0 Å². The van der Waals surface area contributed by atoms with Gasteiger partial charge in [-0.2, -0.15) is 0 Å². The Labute approximate surface area is 145 Å². The van der Waals surface area contributed by atoms with Gasteiger partial charge in [0.25, 0.3) is 0 Å². The van der Waals surface area contributed by atoms with Crippen LogP contribution in [0, 0.1) is 6.92 Å². The molecule has 2 N–H and O–H groups in total. The standard InChI is InChI=1S/C17H19N5OS/c1-11-9-21-14(10-20-11)15(23)8-13-7-12(3-5-19-13)17(2)4-6-24-16(18)22-17/h3,5,7,9-10H,4,6,8H2,1-2H3,(H2,18,22)/t17-/m0/s1. The van der Waals surface area contributed by atoms with Crippen LogP contribution in [0.25, 0.3) is 0 Å². The molecule has 6 nitrogen and oxygen atoms in total. The van der Waals surface area contributed by atoms with Crippen LogP contribution < -0.4 is 5.73 Å². The molecule has 1 atom stereocenters. The summed E-state index contributed by atoms with van der Waals surface area (Å²) in [5.41, 5.74) is 8.39. The van der Waals surface area contributed by atoms with Crippen LogP contribution in [0.15, 0.2) is 35.7 Å². The van der Waals surface area contributed by atoms with Gasteiger partial charge in [-0.3, -0.25) is 19.8 Å². The lowest BCUT2D eigenvalue weighted by Crippen LogP contribution is -2.29. The molecule has 0 aromatic carbocycles. The van der Waals surface area contributed by atoms with E-state index in [0.717, 1.165) is 23.4 Å². The number of nitrogens with zero attached hydrogens (tertiary/aromatic N) is 4. The van der Waals surface area contributed by atoms with E-state index in [9.17, 15) is 4.79 Å². The molecule has 1 aliphatic heterocycles. The molecule has 2 aromatic heterocycles. The van der Waals surface area contributed by atoms with E-state index >= 15 is 0 Å². The van der Waals surface area contributed by atoms with Crippen LogP contribution in [0.5, 0.6) is 0 Å². The number of amidine groups is 1. The fraction of sp³-hybridized carbons (Fsp3) is 0.353. The molecule has 0 aliphatic carbocycles. The fourth-order valence-corrected chi connectivity index (χ4v) is 3.57. The Balaban J connectivity index is 1.82. The van der Waals surface area contributed by atoms with Gasteiger partial charge in [-0.05, 0) is 38.0 Å². The van der Waals surface area contributed by atoms with Gasteiger partial charge < -0.3 is 5.73 Å². The van der Waals surface area contributed by atoms with E-state index in [0.29, 0.717) is 16.6 Å². The summed E-state index contributed by atoms with van der Waals surface area (Å²) < 4.78 is 0. The molecule has 0 radical (unpaired) electrons. The van der Waals surface area contributed by atoms with E-state index in [1.807, 2.05) is 19.1 Å². The summed E-state index contributed by atoms with van der Waals surface area (Å²) in [6.45, 7) is 3.90. The monoisotopic (exact) mass is 341 g/mol. The van der Waals surface area contributed by atoms with Crippen molar-refractivity contribution < 1.29 is 4.79 Å². The topological polar surface area (TPSA) is 94.1 Å². The quantitative estimate of drug-likeness (QED) is 0.857. The Morgan fingerprint density at radius 2 is 2.17 bits per heavy atom. The molecule has 0 amide bonds. The second kappa shape index (κ2) is 6.68. The van der Waals surface area contributed by atoms with Gasteiger partial charge in [-0.1, -0.05) is 11.8 Å². The van der Waals surface area contributed by atoms with Gasteiger partial charge in [0, 0.05) is 23.8 Å². The zero-order valence-electron chi connectivity index (χ0n) is 13.7. The zero-order chi connectivity index (χ0) is 17.2. The Hall–Kier alpha value is -2.28. The van der Waals surface area contributed by atoms with E-state index in [4.69, 9.17) is 5.73 Å². The Bertz CT molecular complexity index is 790. The van der Waals surface area contributed by atoms with Gasteiger partial charge in [0.15, 0.2) is 11.0 Å². The van der Waals surface area contributed by atoms with E-state index in [1.165, 1.54) is 6.20 Å². The predicted molar refractivity (Wildman–Crippen MR) is 95.1 cm³/mol. The van der Waals surface area contributed by atoms with Crippen LogP contribution in [0.3, 0.4) is 0 Å². The summed E-state index contributed by atoms with van der Waals surface area (Å²) in [6, 6.07) is 3.87. The van der Waals surface area contributed by atoms with Crippen LogP contribution in [0.1, 0.15) is 40.8 Å². The SMILES string of the molecule is Cc1cnc(C(=O)Cc2cc([C@]3(C)CCSC(N)=N3)ccn2)cn1. The van der Waals surface area contributed by atoms with Crippen LogP contribution in [-0.4, -0.2) is 31.7 Å². The van der Waals surface area contributed by atoms with Gasteiger partial charge in [0.1, 0.15) is 5.69 Å². The number of pyridine rings is 1. The first-order chi connectivity index (χ1) is 11.5. The van der Waals surface area contributed by atoms with Gasteiger partial charge in [0.2, 0.25) is 0 Å². The van der Waals surface area contributed by atoms with Crippen LogP contribution in [0.4, 0.5) is 0 Å². The minimum atomic E-state index is -0.361. The summed E-state index contributed by atoms with van der Waals surface area (Å²) in [5.74, 6) is 0.834. The first kappa shape index (κ1) is 16.6. The van der Waals surface area contributed by atoms with Crippen LogP contribution in [0.2, 0.25) is 0 Å². The number of carbonyl (C=O) groups is 1. The van der Waals surface area contributed by atoms with Gasteiger partial charge in [0.05, 0.1) is 23.9 Å². The molecule has 0 bridgehead atoms. The molecule has 0 saturated heterocycles. The molecule has 0 unspecified atom stereocenters. The van der Waals surface area contributed by atoms with Gasteiger partial charge in [-0.25, -0.2) is 4.98 Å². The Morgan fingerprint density at radius 3 is 2.88 bits per heavy atom. The summed E-state index contributed by atoms with van der Waals surface area (Å²) in [5, 5.41) is 0.605. The van der Waals surface area contributed by atoms with Gasteiger partial charge >= 0.3 is 0 Å². The normalized spacial score (nSPS) is 20.5. The largest absolute Gasteiger partial charge is 0.379 e. The highest BCUT2D eigenvalue weighted by Crippen LogP contribution is 2.34. The van der Waals surface area contributed by atoms with Crippen molar-refractivity contribution in [2.24, 2.45) is 10.7 Å². The lowest BCUT2D eigenvalue weighted by molar-refractivity contribution is 0.0986. The van der Waals surface area contributed by atoms with Gasteiger partial charge in [-0.15, -0.1) is 0 Å². The molecule has 2 aromatic rings. The van der Waals surface area contributed by atoms with Crippen molar-refractivity contribution in [1.29, 1.82) is 0 Å². The maximum atomic E-state index is 12.4. The molecule has 0 spiro atoms. The van der Waals surface area contributed by atoms with Crippen molar-refractivity contribution in [3.63, 3.8) is 0 Å². The molecule has 124 valence electrons. The summed E-state index contributed by atoms with van der Waals surface area (Å²) in [7, 11) is 0. The molecule has 0 saturated carbocycles. The van der Waals surface area contributed by atoms with E-state index < -0.39 is 0 Å². The number of Topliss-reactive ketones (excluding diaryl/α,β-unsaturated/α-hetero) is 1. The molecular weight excluding hydrogens is 322 g/mol. The average Bonchev–Trinajstić information content (AvgIpc) is 2.55. The highest BCUT2D eigenvalue weighted by molar-refractivity contribution is 8.13. The number of aliphatic imine (C=N–C) groups is 1. The number of hydrogen-bond acceptors (Lipinski definition) is 7. The lowest BCUT2D eigenvalue weighted by atomic mass is 9.89. The lowest BCUT2D eigenvalue weighted by Gasteiger charge is -2.29. The smallest absolute Gasteiger partial charge is 0.188 e. The van der Waals surface area contributed by atoms with E-state index in [2.05, 4.69) is 26.9 Å². The third-order valence-corrected chi connectivity index (χ3v) is 4.84. The summed E-state index contributed by atoms with van der Waals surface area (Å²) in [4.78, 5) is 29.5. The third kappa shape index (κ3) is 3.62. The molecule has 3 heterocycles. The summed E-state index contributed by atoms with van der Waals surface area (Å²) in [6.07, 6.45) is 5.91. The zero-order valence-corrected chi connectivity index (χ0v) is 14.5. The minimum absolute atomic E-state index is 0.0977. The maximum Gasteiger partial charge on any atom is 0.188 e. The van der Waals surface area contributed by atoms with Crippen molar-refractivity contribution in [1.82, 2.24) is 15.0 Å². The molecule has 0 fully saturated rings. The molecular formula is C17H19N5OS. The molecule has 7 heteroatoms. The van der Waals surface area contributed by atoms with Crippen molar-refractivity contribution >= 4 is 22.7 Å². The number of rotatable bonds is 4. The van der Waals surface area contributed by atoms with E-state index in [1.54, 1.807) is 24.2 Å². The number of aryl methyl sites for hydroxylation is 1. The number of carbonyl (C=O) groups excluding carboxylic acids is 1. The highest BCUT2D eigenvalue weighted by Gasteiger charge is 2.29. The first-order valence-corrected chi connectivity index (χ1v) is 8.70. The second-order valence-corrected chi connectivity index (χ2v) is 7.12. The van der Waals surface area contributed by atoms with Crippen molar-refractivity contribution in [3.8, 4) is 0 Å². The highest BCUT2D eigenvalue weighted by atomic mass is 32.2. The molecule has 24 heavy (non-hydrogen) atoms. The van der Waals surface area contributed by atoms with E-state index in [-0.39, 0.29) is 17.7 Å². The number of hydrogen-bond donors (Lipinski definition) is 1. The predicted octanol–water partition coefficient (Wildman–Crippen LogP) is 2.27. The first-order valence-electron chi connectivity index (χ1n) is 7.72. The summed E-state index contributed by atoms with van der Waals surface area (Å²) >= 11 is 1.57. The Morgan fingerprint density at radius 1 is 1.33 bits per heavy atom. The Kier molecular flexibility index (Phi) is 4.62. The number of nitrogens with two attached hydrogens (primary N) is 1. The average molecular weight is 341 g/mol. The van der Waals surface area contributed by atoms with Crippen molar-refractivity contribution in [3.05, 3.63) is 53.4 Å². The van der Waals surface area contributed by atoms with Crippen LogP contribution >= 0.6 is 11.8 Å². The molecule has 1 aliphatic rings. The number of thioether (sulfide) groups is 1. The second-order valence-electron chi connectivity index (χ2n) is 6.00. The minimum Gasteiger partial charge on any atom is -0.379 e. The number of aromatic nitrogens is 3. The van der Waals surface area contributed by atoms with Crippen molar-refractivity contribution in [2.45, 2.75) is 32.2 Å². The van der Waals surface area contributed by atoms with Crippen molar-refractivity contribution in [2.75, 3.05) is 5.75 Å². The number of ketones is 1.